The maximum atomic E-state index is 9.48. The Balaban J connectivity index is 1.80. The van der Waals surface area contributed by atoms with Crippen molar-refractivity contribution in [3.63, 3.8) is 0 Å². The van der Waals surface area contributed by atoms with Crippen molar-refractivity contribution in [3.05, 3.63) is 35.9 Å². The fraction of sp³-hybridized carbons (Fsp3) is 0.632. The molecule has 0 aromatic heterocycles. The lowest BCUT2D eigenvalue weighted by atomic mass is 9.92. The number of hydrogen-bond donors (Lipinski definition) is 0. The molecule has 0 aliphatic carbocycles. The van der Waals surface area contributed by atoms with Crippen LogP contribution < -0.4 is 0 Å². The van der Waals surface area contributed by atoms with Gasteiger partial charge in [0.05, 0.1) is 25.2 Å². The summed E-state index contributed by atoms with van der Waals surface area (Å²) < 4.78 is 35.1. The summed E-state index contributed by atoms with van der Waals surface area (Å²) in [4.78, 5) is 0. The minimum atomic E-state index is -1.18. The third-order valence-electron chi connectivity index (χ3n) is 5.18. The van der Waals surface area contributed by atoms with Crippen LogP contribution >= 0.6 is 0 Å². The molecule has 7 nitrogen and oxygen atoms in total. The number of rotatable bonds is 5. The third-order valence-corrected chi connectivity index (χ3v) is 5.18. The fourth-order valence-electron chi connectivity index (χ4n) is 3.25. The SMILES string of the molecule is COC1(C)OC2C(C#N)COC(OCc3ccccc3)C2OC1(C)OC. The van der Waals surface area contributed by atoms with Crippen LogP contribution in [-0.4, -0.2) is 50.9 Å². The lowest BCUT2D eigenvalue weighted by Crippen LogP contribution is -2.70. The summed E-state index contributed by atoms with van der Waals surface area (Å²) in [5.74, 6) is -2.84. The van der Waals surface area contributed by atoms with Gasteiger partial charge in [-0.05, 0) is 19.4 Å². The van der Waals surface area contributed by atoms with Gasteiger partial charge in [0.2, 0.25) is 11.6 Å². The van der Waals surface area contributed by atoms with Gasteiger partial charge in [0, 0.05) is 14.2 Å². The molecule has 0 bridgehead atoms. The summed E-state index contributed by atoms with van der Waals surface area (Å²) in [5, 5.41) is 9.48. The molecule has 3 rings (SSSR count). The molecule has 142 valence electrons. The van der Waals surface area contributed by atoms with Gasteiger partial charge in [-0.25, -0.2) is 0 Å². The highest BCUT2D eigenvalue weighted by Gasteiger charge is 2.61. The van der Waals surface area contributed by atoms with Crippen molar-refractivity contribution in [2.45, 2.75) is 50.5 Å². The Hall–Kier alpha value is -1.53. The van der Waals surface area contributed by atoms with Crippen molar-refractivity contribution in [1.82, 2.24) is 0 Å². The van der Waals surface area contributed by atoms with Crippen LogP contribution in [0.4, 0.5) is 0 Å². The van der Waals surface area contributed by atoms with Crippen LogP contribution in [0.3, 0.4) is 0 Å². The molecular weight excluding hydrogens is 338 g/mol. The van der Waals surface area contributed by atoms with E-state index in [-0.39, 0.29) is 6.61 Å². The second kappa shape index (κ2) is 7.61. The number of nitrogens with zero attached hydrogens (tertiary/aromatic N) is 1. The molecule has 6 unspecified atom stereocenters. The second-order valence-electron chi connectivity index (χ2n) is 6.70. The van der Waals surface area contributed by atoms with E-state index < -0.39 is 36.0 Å². The van der Waals surface area contributed by atoms with Crippen LogP contribution in [0.15, 0.2) is 30.3 Å². The van der Waals surface area contributed by atoms with Crippen molar-refractivity contribution >= 4 is 0 Å². The summed E-state index contributed by atoms with van der Waals surface area (Å²) in [6.07, 6.45) is -1.85. The minimum Gasteiger partial charge on any atom is -0.349 e. The normalized spacial score (nSPS) is 39.8. The van der Waals surface area contributed by atoms with E-state index in [0.29, 0.717) is 6.61 Å². The number of fused-ring (bicyclic) bond motifs is 1. The van der Waals surface area contributed by atoms with Crippen LogP contribution in [-0.2, 0) is 35.0 Å². The molecule has 0 N–H and O–H groups in total. The highest BCUT2D eigenvalue weighted by molar-refractivity contribution is 5.13. The van der Waals surface area contributed by atoms with Crippen molar-refractivity contribution in [3.8, 4) is 6.07 Å². The first-order valence-electron chi connectivity index (χ1n) is 8.59. The van der Waals surface area contributed by atoms with Crippen LogP contribution in [0.1, 0.15) is 19.4 Å². The van der Waals surface area contributed by atoms with Crippen molar-refractivity contribution in [2.24, 2.45) is 5.92 Å². The lowest BCUT2D eigenvalue weighted by Gasteiger charge is -2.55. The molecule has 1 aromatic rings. The highest BCUT2D eigenvalue weighted by Crippen LogP contribution is 2.44. The molecule has 26 heavy (non-hydrogen) atoms. The Morgan fingerprint density at radius 3 is 2.27 bits per heavy atom. The van der Waals surface area contributed by atoms with E-state index in [4.69, 9.17) is 28.4 Å². The average molecular weight is 363 g/mol. The monoisotopic (exact) mass is 363 g/mol. The number of ether oxygens (including phenoxy) is 6. The molecule has 0 radical (unpaired) electrons. The molecule has 2 heterocycles. The summed E-state index contributed by atoms with van der Waals surface area (Å²) >= 11 is 0. The van der Waals surface area contributed by atoms with Gasteiger partial charge in [-0.1, -0.05) is 30.3 Å². The summed E-state index contributed by atoms with van der Waals surface area (Å²) in [6, 6.07) is 12.0. The van der Waals surface area contributed by atoms with Gasteiger partial charge in [-0.3, -0.25) is 0 Å². The first kappa shape index (κ1) is 19.2. The first-order valence-corrected chi connectivity index (χ1v) is 8.59. The zero-order chi connectivity index (χ0) is 18.8. The van der Waals surface area contributed by atoms with Crippen molar-refractivity contribution in [2.75, 3.05) is 20.8 Å². The van der Waals surface area contributed by atoms with E-state index in [2.05, 4.69) is 6.07 Å². The number of benzene rings is 1. The molecule has 6 atom stereocenters. The largest absolute Gasteiger partial charge is 0.349 e. The van der Waals surface area contributed by atoms with E-state index in [1.807, 2.05) is 30.3 Å². The summed E-state index contributed by atoms with van der Waals surface area (Å²) in [6.45, 7) is 4.03. The standard InChI is InChI=1S/C19H25NO6/c1-18(21-3)19(2,22-4)26-16-15(25-18)14(10-20)12-24-17(16)23-11-13-8-6-5-7-9-13/h5-9,14-17H,11-12H2,1-4H3. The van der Waals surface area contributed by atoms with Crippen molar-refractivity contribution < 1.29 is 28.4 Å². The van der Waals surface area contributed by atoms with E-state index in [9.17, 15) is 5.26 Å². The predicted octanol–water partition coefficient (Wildman–Crippen LogP) is 2.21. The Kier molecular flexibility index (Phi) is 5.63. The maximum absolute atomic E-state index is 9.48. The molecule has 2 saturated heterocycles. The molecule has 2 aliphatic heterocycles. The molecule has 7 heteroatoms. The van der Waals surface area contributed by atoms with Crippen LogP contribution in [0.5, 0.6) is 0 Å². The van der Waals surface area contributed by atoms with Crippen molar-refractivity contribution in [1.29, 1.82) is 5.26 Å². The van der Waals surface area contributed by atoms with Gasteiger partial charge < -0.3 is 28.4 Å². The van der Waals surface area contributed by atoms with E-state index in [1.54, 1.807) is 13.8 Å². The topological polar surface area (TPSA) is 79.2 Å². The number of methoxy groups -OCH3 is 2. The Bertz CT molecular complexity index is 649. The maximum Gasteiger partial charge on any atom is 0.220 e. The Labute approximate surface area is 153 Å². The van der Waals surface area contributed by atoms with Gasteiger partial charge in [-0.15, -0.1) is 0 Å². The molecule has 1 aromatic carbocycles. The fourth-order valence-corrected chi connectivity index (χ4v) is 3.25. The lowest BCUT2D eigenvalue weighted by molar-refractivity contribution is -0.475. The van der Waals surface area contributed by atoms with E-state index in [0.717, 1.165) is 5.56 Å². The first-order chi connectivity index (χ1) is 12.5. The minimum absolute atomic E-state index is 0.198. The third kappa shape index (κ3) is 3.37. The molecule has 2 fully saturated rings. The Morgan fingerprint density at radius 1 is 1.08 bits per heavy atom. The van der Waals surface area contributed by atoms with Gasteiger partial charge in [0.15, 0.2) is 6.29 Å². The average Bonchev–Trinajstić information content (AvgIpc) is 2.68. The molecule has 0 spiro atoms. The zero-order valence-corrected chi connectivity index (χ0v) is 15.5. The van der Waals surface area contributed by atoms with E-state index in [1.165, 1.54) is 14.2 Å². The van der Waals surface area contributed by atoms with Gasteiger partial charge in [0.25, 0.3) is 0 Å². The molecular formula is C19H25NO6. The Morgan fingerprint density at radius 2 is 1.69 bits per heavy atom. The highest BCUT2D eigenvalue weighted by atomic mass is 16.8. The van der Waals surface area contributed by atoms with Gasteiger partial charge in [-0.2, -0.15) is 5.26 Å². The summed E-state index contributed by atoms with van der Waals surface area (Å²) in [5.41, 5.74) is 1.02. The molecule has 0 saturated carbocycles. The van der Waals surface area contributed by atoms with Crippen LogP contribution in [0.2, 0.25) is 0 Å². The quantitative estimate of drug-likeness (QED) is 0.793. The zero-order valence-electron chi connectivity index (χ0n) is 15.5. The predicted molar refractivity (Wildman–Crippen MR) is 90.6 cm³/mol. The number of hydrogen-bond acceptors (Lipinski definition) is 7. The van der Waals surface area contributed by atoms with Crippen LogP contribution in [0.25, 0.3) is 0 Å². The van der Waals surface area contributed by atoms with Gasteiger partial charge in [0.1, 0.15) is 12.2 Å². The summed E-state index contributed by atoms with van der Waals surface area (Å²) in [7, 11) is 3.04. The van der Waals surface area contributed by atoms with Gasteiger partial charge >= 0.3 is 0 Å². The number of nitriles is 1. The smallest absolute Gasteiger partial charge is 0.220 e. The molecule has 2 aliphatic rings. The second-order valence-corrected chi connectivity index (χ2v) is 6.70. The van der Waals surface area contributed by atoms with Crippen LogP contribution in [0, 0.1) is 17.2 Å². The van der Waals surface area contributed by atoms with E-state index >= 15 is 0 Å². The molecule has 0 amide bonds.